The number of nitrogens with one attached hydrogen (secondary N) is 1. The summed E-state index contributed by atoms with van der Waals surface area (Å²) in [6, 6.07) is 15.5. The van der Waals surface area contributed by atoms with Crippen molar-refractivity contribution in [1.29, 1.82) is 0 Å². The highest BCUT2D eigenvalue weighted by Crippen LogP contribution is 2.26. The van der Waals surface area contributed by atoms with Crippen LogP contribution in [0.25, 0.3) is 0 Å². The van der Waals surface area contributed by atoms with Gasteiger partial charge in [-0.25, -0.2) is 0 Å². The van der Waals surface area contributed by atoms with Crippen LogP contribution in [0.1, 0.15) is 20.8 Å². The van der Waals surface area contributed by atoms with Gasteiger partial charge in [0.2, 0.25) is 5.91 Å². The zero-order valence-corrected chi connectivity index (χ0v) is 17.4. The normalized spacial score (nSPS) is 21.0. The van der Waals surface area contributed by atoms with Gasteiger partial charge in [-0.15, -0.1) is 11.8 Å². The van der Waals surface area contributed by atoms with Gasteiger partial charge < -0.3 is 15.0 Å². The second-order valence-electron chi connectivity index (χ2n) is 6.91. The lowest BCUT2D eigenvalue weighted by atomic mass is 10.2. The number of benzene rings is 2. The Morgan fingerprint density at radius 1 is 1.11 bits per heavy atom. The number of amides is 1. The summed E-state index contributed by atoms with van der Waals surface area (Å²) in [5.41, 5.74) is 1.96. The third-order valence-electron chi connectivity index (χ3n) is 4.42. The molecule has 27 heavy (non-hydrogen) atoms. The number of rotatable bonds is 5. The highest BCUT2D eigenvalue weighted by atomic mass is 35.5. The fourth-order valence-corrected chi connectivity index (χ4v) is 4.15. The smallest absolute Gasteiger partial charge is 0.237 e. The summed E-state index contributed by atoms with van der Waals surface area (Å²) in [5.74, 6) is -0.0173. The molecule has 2 aromatic rings. The number of hydrogen-bond donors (Lipinski definition) is 1. The average molecular weight is 405 g/mol. The molecule has 0 spiro atoms. The fraction of sp³-hybridized carbons (Fsp3) is 0.381. The zero-order valence-electron chi connectivity index (χ0n) is 15.8. The molecule has 1 N–H and O–H groups in total. The minimum atomic E-state index is -0.202. The van der Waals surface area contributed by atoms with Crippen molar-refractivity contribution in [1.82, 2.24) is 0 Å². The van der Waals surface area contributed by atoms with Crippen molar-refractivity contribution in [3.8, 4) is 0 Å². The highest BCUT2D eigenvalue weighted by molar-refractivity contribution is 8.00. The van der Waals surface area contributed by atoms with Crippen molar-refractivity contribution in [2.45, 2.75) is 43.1 Å². The van der Waals surface area contributed by atoms with E-state index in [1.54, 1.807) is 0 Å². The first-order valence-electron chi connectivity index (χ1n) is 9.14. The third kappa shape index (κ3) is 5.64. The quantitative estimate of drug-likeness (QED) is 0.706. The van der Waals surface area contributed by atoms with Gasteiger partial charge in [0, 0.05) is 34.4 Å². The Kier molecular flexibility index (Phi) is 6.68. The molecule has 3 rings (SSSR count). The van der Waals surface area contributed by atoms with Crippen molar-refractivity contribution in [2.75, 3.05) is 23.3 Å². The van der Waals surface area contributed by atoms with Crippen LogP contribution in [0.2, 0.25) is 5.02 Å². The molecule has 1 heterocycles. The van der Waals surface area contributed by atoms with Crippen LogP contribution < -0.4 is 10.2 Å². The molecule has 1 aliphatic rings. The number of morpholine rings is 1. The predicted octanol–water partition coefficient (Wildman–Crippen LogP) is 5.07. The molecule has 0 aromatic heterocycles. The molecule has 0 radical (unpaired) electrons. The Balaban J connectivity index is 1.57. The van der Waals surface area contributed by atoms with Crippen LogP contribution in [0.15, 0.2) is 53.4 Å². The fourth-order valence-electron chi connectivity index (χ4n) is 3.16. The molecular formula is C21H25ClN2O2S. The van der Waals surface area contributed by atoms with Gasteiger partial charge in [-0.2, -0.15) is 0 Å². The van der Waals surface area contributed by atoms with E-state index in [2.05, 4.69) is 36.2 Å². The molecular weight excluding hydrogens is 380 g/mol. The first kappa shape index (κ1) is 20.1. The van der Waals surface area contributed by atoms with E-state index in [0.29, 0.717) is 5.02 Å². The number of ether oxygens (including phenoxy) is 1. The largest absolute Gasteiger partial charge is 0.372 e. The lowest BCUT2D eigenvalue weighted by molar-refractivity contribution is -0.115. The number of halogens is 1. The van der Waals surface area contributed by atoms with E-state index in [1.807, 2.05) is 43.3 Å². The predicted molar refractivity (Wildman–Crippen MR) is 114 cm³/mol. The summed E-state index contributed by atoms with van der Waals surface area (Å²) >= 11 is 7.42. The van der Waals surface area contributed by atoms with Crippen LogP contribution in [0.5, 0.6) is 0 Å². The highest BCUT2D eigenvalue weighted by Gasteiger charge is 2.22. The minimum Gasteiger partial charge on any atom is -0.372 e. The Morgan fingerprint density at radius 2 is 1.70 bits per heavy atom. The summed E-state index contributed by atoms with van der Waals surface area (Å²) in [6.45, 7) is 7.85. The number of nitrogens with zero attached hydrogens (tertiary/aromatic N) is 1. The summed E-state index contributed by atoms with van der Waals surface area (Å²) in [5, 5.41) is 3.48. The lowest BCUT2D eigenvalue weighted by Gasteiger charge is -2.36. The van der Waals surface area contributed by atoms with Crippen LogP contribution in [-0.4, -0.2) is 36.5 Å². The van der Waals surface area contributed by atoms with E-state index in [0.717, 1.165) is 29.4 Å². The zero-order chi connectivity index (χ0) is 19.4. The van der Waals surface area contributed by atoms with Crippen LogP contribution in [0.4, 0.5) is 11.4 Å². The maximum Gasteiger partial charge on any atom is 0.237 e. The standard InChI is InChI=1S/C21H25ClN2O2S/c1-14-12-24(13-15(2)26-14)19-8-6-18(7-9-19)23-21(25)16(3)27-20-10-4-17(22)5-11-20/h4-11,14-16H,12-13H2,1-3H3,(H,23,25). The van der Waals surface area contributed by atoms with Gasteiger partial charge in [0.25, 0.3) is 0 Å². The van der Waals surface area contributed by atoms with Crippen molar-refractivity contribution in [3.63, 3.8) is 0 Å². The molecule has 3 atom stereocenters. The Morgan fingerprint density at radius 3 is 2.30 bits per heavy atom. The minimum absolute atomic E-state index is 0.0173. The van der Waals surface area contributed by atoms with Crippen molar-refractivity contribution < 1.29 is 9.53 Å². The van der Waals surface area contributed by atoms with Crippen LogP contribution >= 0.6 is 23.4 Å². The second-order valence-corrected chi connectivity index (χ2v) is 8.76. The number of thioether (sulfide) groups is 1. The van der Waals surface area contributed by atoms with E-state index in [1.165, 1.54) is 11.8 Å². The Bertz CT molecular complexity index is 757. The number of carbonyl (C=O) groups is 1. The molecule has 1 amide bonds. The summed E-state index contributed by atoms with van der Waals surface area (Å²) in [4.78, 5) is 15.8. The summed E-state index contributed by atoms with van der Waals surface area (Å²) in [7, 11) is 0. The molecule has 0 aliphatic carbocycles. The van der Waals surface area contributed by atoms with Crippen LogP contribution in [0.3, 0.4) is 0 Å². The molecule has 3 unspecified atom stereocenters. The van der Waals surface area contributed by atoms with Gasteiger partial charge in [-0.1, -0.05) is 11.6 Å². The molecule has 2 aromatic carbocycles. The maximum absolute atomic E-state index is 12.5. The van der Waals surface area contributed by atoms with Gasteiger partial charge in [0.1, 0.15) is 0 Å². The average Bonchev–Trinajstić information content (AvgIpc) is 2.63. The number of hydrogen-bond acceptors (Lipinski definition) is 4. The van der Waals surface area contributed by atoms with Crippen molar-refractivity contribution in [2.24, 2.45) is 0 Å². The topological polar surface area (TPSA) is 41.6 Å². The number of carbonyl (C=O) groups excluding carboxylic acids is 1. The molecule has 6 heteroatoms. The molecule has 1 saturated heterocycles. The van der Waals surface area contributed by atoms with Gasteiger partial charge in [0.05, 0.1) is 17.5 Å². The Labute approximate surface area is 170 Å². The van der Waals surface area contributed by atoms with E-state index < -0.39 is 0 Å². The summed E-state index contributed by atoms with van der Waals surface area (Å²) < 4.78 is 5.79. The van der Waals surface area contributed by atoms with Crippen LogP contribution in [-0.2, 0) is 9.53 Å². The molecule has 0 bridgehead atoms. The van der Waals surface area contributed by atoms with Gasteiger partial charge in [-0.05, 0) is 69.3 Å². The van der Waals surface area contributed by atoms with Gasteiger partial charge in [0.15, 0.2) is 0 Å². The third-order valence-corrected chi connectivity index (χ3v) is 5.78. The van der Waals surface area contributed by atoms with E-state index >= 15 is 0 Å². The van der Waals surface area contributed by atoms with Crippen molar-refractivity contribution >= 4 is 40.6 Å². The molecule has 0 saturated carbocycles. The SMILES string of the molecule is CC1CN(c2ccc(NC(=O)C(C)Sc3ccc(Cl)cc3)cc2)CC(C)O1. The second kappa shape index (κ2) is 9.00. The molecule has 1 aliphatic heterocycles. The van der Waals surface area contributed by atoms with Gasteiger partial charge >= 0.3 is 0 Å². The monoisotopic (exact) mass is 404 g/mol. The first-order valence-corrected chi connectivity index (χ1v) is 10.4. The van der Waals surface area contributed by atoms with Crippen LogP contribution in [0, 0.1) is 0 Å². The van der Waals surface area contributed by atoms with Gasteiger partial charge in [-0.3, -0.25) is 4.79 Å². The maximum atomic E-state index is 12.5. The Hall–Kier alpha value is -1.69. The van der Waals surface area contributed by atoms with E-state index in [-0.39, 0.29) is 23.4 Å². The van der Waals surface area contributed by atoms with E-state index in [9.17, 15) is 4.79 Å². The van der Waals surface area contributed by atoms with Crippen molar-refractivity contribution in [3.05, 3.63) is 53.6 Å². The summed E-state index contributed by atoms with van der Waals surface area (Å²) in [6.07, 6.45) is 0.442. The number of anilines is 2. The molecule has 144 valence electrons. The molecule has 4 nitrogen and oxygen atoms in total. The first-order chi connectivity index (χ1) is 12.9. The lowest BCUT2D eigenvalue weighted by Crippen LogP contribution is -2.45. The molecule has 1 fully saturated rings. The van der Waals surface area contributed by atoms with E-state index in [4.69, 9.17) is 16.3 Å².